The molecule has 0 bridgehead atoms. The first-order chi connectivity index (χ1) is 14.5. The first kappa shape index (κ1) is 21.0. The van der Waals surface area contributed by atoms with Crippen LogP contribution in [0.15, 0.2) is 47.2 Å². The summed E-state index contributed by atoms with van der Waals surface area (Å²) in [7, 11) is 0. The molecule has 3 rings (SSSR count). The van der Waals surface area contributed by atoms with Crippen molar-refractivity contribution in [3.8, 4) is 0 Å². The molecule has 0 spiro atoms. The van der Waals surface area contributed by atoms with Gasteiger partial charge in [0.2, 0.25) is 0 Å². The zero-order valence-corrected chi connectivity index (χ0v) is 16.9. The van der Waals surface area contributed by atoms with Gasteiger partial charge in [-0.2, -0.15) is 5.10 Å². The quantitative estimate of drug-likeness (QED) is 0.515. The predicted octanol–water partition coefficient (Wildman–Crippen LogP) is 2.87. The molecule has 0 aliphatic carbocycles. The lowest BCUT2D eigenvalue weighted by molar-refractivity contribution is -0.116. The number of rotatable bonds is 8. The highest BCUT2D eigenvalue weighted by Gasteiger charge is 2.27. The first-order valence-electron chi connectivity index (χ1n) is 9.73. The molecule has 8 heteroatoms. The second-order valence-corrected chi connectivity index (χ2v) is 6.48. The van der Waals surface area contributed by atoms with E-state index in [2.05, 4.69) is 15.5 Å². The van der Waals surface area contributed by atoms with E-state index < -0.39 is 11.9 Å². The number of nitrogens with one attached hydrogen (secondary N) is 2. The monoisotopic (exact) mass is 409 g/mol. The van der Waals surface area contributed by atoms with Crippen molar-refractivity contribution in [1.29, 1.82) is 0 Å². The van der Waals surface area contributed by atoms with Crippen LogP contribution < -0.4 is 5.43 Å². The van der Waals surface area contributed by atoms with E-state index >= 15 is 0 Å². The number of carbonyl (C=O) groups is 3. The number of carbonyl (C=O) groups excluding carboxylic acids is 3. The van der Waals surface area contributed by atoms with E-state index in [4.69, 9.17) is 9.47 Å². The molecule has 1 aromatic carbocycles. The van der Waals surface area contributed by atoms with Gasteiger partial charge in [-0.05, 0) is 38.3 Å². The molecule has 0 saturated carbocycles. The summed E-state index contributed by atoms with van der Waals surface area (Å²) >= 11 is 0. The Labute approximate surface area is 174 Å². The maximum atomic E-state index is 12.5. The van der Waals surface area contributed by atoms with Crippen molar-refractivity contribution < 1.29 is 23.9 Å². The van der Waals surface area contributed by atoms with Gasteiger partial charge in [0.25, 0.3) is 5.91 Å². The first-order valence-corrected chi connectivity index (χ1v) is 9.73. The number of aromatic nitrogens is 1. The second-order valence-electron chi connectivity index (χ2n) is 6.48. The SMILES string of the molecule is CCOC(=O)c1c[nH]c(C=C2C(=O)NN=C2CCc2ccccc2)c1C(=O)OCC. The van der Waals surface area contributed by atoms with Crippen LogP contribution in [0.4, 0.5) is 0 Å². The van der Waals surface area contributed by atoms with Crippen molar-refractivity contribution in [3.63, 3.8) is 0 Å². The van der Waals surface area contributed by atoms with Crippen LogP contribution in [0.1, 0.15) is 52.2 Å². The Balaban J connectivity index is 1.91. The van der Waals surface area contributed by atoms with Gasteiger partial charge >= 0.3 is 11.9 Å². The van der Waals surface area contributed by atoms with E-state index in [-0.39, 0.29) is 35.9 Å². The Bertz CT molecular complexity index is 1010. The van der Waals surface area contributed by atoms with Crippen molar-refractivity contribution in [3.05, 3.63) is 64.5 Å². The second kappa shape index (κ2) is 9.69. The van der Waals surface area contributed by atoms with Crippen molar-refractivity contribution in [2.45, 2.75) is 26.7 Å². The minimum Gasteiger partial charge on any atom is -0.462 e. The van der Waals surface area contributed by atoms with Gasteiger partial charge in [0, 0.05) is 6.20 Å². The lowest BCUT2D eigenvalue weighted by Crippen LogP contribution is -2.15. The van der Waals surface area contributed by atoms with E-state index in [1.807, 2.05) is 30.3 Å². The van der Waals surface area contributed by atoms with Crippen molar-refractivity contribution in [2.24, 2.45) is 5.10 Å². The summed E-state index contributed by atoms with van der Waals surface area (Å²) in [5.74, 6) is -1.69. The fourth-order valence-corrected chi connectivity index (χ4v) is 3.11. The molecular formula is C22H23N3O5. The molecule has 0 saturated heterocycles. The number of aryl methyl sites for hydroxylation is 1. The zero-order valence-electron chi connectivity index (χ0n) is 16.9. The highest BCUT2D eigenvalue weighted by molar-refractivity contribution is 6.27. The number of hydrogen-bond donors (Lipinski definition) is 2. The molecule has 0 unspecified atom stereocenters. The molecule has 0 fully saturated rings. The number of hydrazone groups is 1. The predicted molar refractivity (Wildman–Crippen MR) is 111 cm³/mol. The Morgan fingerprint density at radius 1 is 1.03 bits per heavy atom. The van der Waals surface area contributed by atoms with Crippen LogP contribution >= 0.6 is 0 Å². The molecule has 8 nitrogen and oxygen atoms in total. The number of aromatic amines is 1. The third kappa shape index (κ3) is 4.65. The van der Waals surface area contributed by atoms with Gasteiger partial charge in [-0.3, -0.25) is 4.79 Å². The van der Waals surface area contributed by atoms with Gasteiger partial charge in [-0.1, -0.05) is 30.3 Å². The van der Waals surface area contributed by atoms with Gasteiger partial charge < -0.3 is 14.5 Å². The molecule has 2 aromatic rings. The van der Waals surface area contributed by atoms with Gasteiger partial charge in [-0.25, -0.2) is 15.0 Å². The number of H-pyrrole nitrogens is 1. The van der Waals surface area contributed by atoms with Gasteiger partial charge in [0.15, 0.2) is 0 Å². The molecule has 1 aromatic heterocycles. The van der Waals surface area contributed by atoms with E-state index in [1.54, 1.807) is 13.8 Å². The van der Waals surface area contributed by atoms with E-state index in [1.165, 1.54) is 12.3 Å². The molecule has 30 heavy (non-hydrogen) atoms. The van der Waals surface area contributed by atoms with Crippen LogP contribution in [0, 0.1) is 0 Å². The maximum Gasteiger partial charge on any atom is 0.341 e. The summed E-state index contributed by atoms with van der Waals surface area (Å²) < 4.78 is 10.1. The summed E-state index contributed by atoms with van der Waals surface area (Å²) in [6, 6.07) is 9.85. The van der Waals surface area contributed by atoms with Crippen LogP contribution in [0.25, 0.3) is 6.08 Å². The number of esters is 2. The molecule has 1 aliphatic heterocycles. The normalized spacial score (nSPS) is 14.4. The summed E-state index contributed by atoms with van der Waals surface area (Å²) in [6.07, 6.45) is 4.13. The van der Waals surface area contributed by atoms with Crippen LogP contribution in [0.2, 0.25) is 0 Å². The summed E-state index contributed by atoms with van der Waals surface area (Å²) in [6.45, 7) is 3.66. The summed E-state index contributed by atoms with van der Waals surface area (Å²) in [5, 5.41) is 4.12. The third-order valence-electron chi connectivity index (χ3n) is 4.52. The Morgan fingerprint density at radius 3 is 2.43 bits per heavy atom. The van der Waals surface area contributed by atoms with Crippen molar-refractivity contribution in [1.82, 2.24) is 10.4 Å². The lowest BCUT2D eigenvalue weighted by Gasteiger charge is -2.06. The van der Waals surface area contributed by atoms with Crippen molar-refractivity contribution >= 4 is 29.6 Å². The molecule has 2 N–H and O–H groups in total. The summed E-state index contributed by atoms with van der Waals surface area (Å²) in [5.41, 5.74) is 4.86. The zero-order chi connectivity index (χ0) is 21.5. The summed E-state index contributed by atoms with van der Waals surface area (Å²) in [4.78, 5) is 39.9. The molecule has 2 heterocycles. The van der Waals surface area contributed by atoms with Gasteiger partial charge in [-0.15, -0.1) is 0 Å². The average molecular weight is 409 g/mol. The highest BCUT2D eigenvalue weighted by atomic mass is 16.5. The van der Waals surface area contributed by atoms with E-state index in [9.17, 15) is 14.4 Å². The van der Waals surface area contributed by atoms with Crippen LogP contribution in [0.5, 0.6) is 0 Å². The third-order valence-corrected chi connectivity index (χ3v) is 4.52. The van der Waals surface area contributed by atoms with E-state index in [0.29, 0.717) is 24.1 Å². The minimum absolute atomic E-state index is 0.0323. The highest BCUT2D eigenvalue weighted by Crippen LogP contribution is 2.22. The fraction of sp³-hybridized carbons (Fsp3) is 0.273. The van der Waals surface area contributed by atoms with Crippen molar-refractivity contribution in [2.75, 3.05) is 13.2 Å². The number of benzene rings is 1. The number of ether oxygens (including phenoxy) is 2. The van der Waals surface area contributed by atoms with Gasteiger partial charge in [0.1, 0.15) is 0 Å². The number of nitrogens with zero attached hydrogens (tertiary/aromatic N) is 1. The van der Waals surface area contributed by atoms with Crippen LogP contribution in [0.3, 0.4) is 0 Å². The molecule has 1 amide bonds. The molecule has 156 valence electrons. The van der Waals surface area contributed by atoms with Crippen LogP contribution in [-0.2, 0) is 20.7 Å². The molecule has 0 radical (unpaired) electrons. The molecular weight excluding hydrogens is 386 g/mol. The Kier molecular flexibility index (Phi) is 6.79. The van der Waals surface area contributed by atoms with Crippen LogP contribution in [-0.4, -0.2) is 41.8 Å². The Hall–Kier alpha value is -3.68. The standard InChI is InChI=1S/C22H23N3O5/c1-3-29-21(27)16-13-23-18(19(16)22(28)30-4-2)12-15-17(24-25-20(15)26)11-10-14-8-6-5-7-9-14/h5-9,12-13,23H,3-4,10-11H2,1-2H3,(H,25,26). The topological polar surface area (TPSA) is 110 Å². The Morgan fingerprint density at radius 2 is 1.73 bits per heavy atom. The minimum atomic E-state index is -0.671. The fourth-order valence-electron chi connectivity index (χ4n) is 3.11. The number of amides is 1. The van der Waals surface area contributed by atoms with E-state index in [0.717, 1.165) is 5.56 Å². The lowest BCUT2D eigenvalue weighted by atomic mass is 10.0. The van der Waals surface area contributed by atoms with Gasteiger partial charge in [0.05, 0.1) is 41.3 Å². The average Bonchev–Trinajstić information content (AvgIpc) is 3.32. The number of hydrogen-bond acceptors (Lipinski definition) is 6. The maximum absolute atomic E-state index is 12.5. The largest absolute Gasteiger partial charge is 0.462 e. The molecule has 0 atom stereocenters. The smallest absolute Gasteiger partial charge is 0.341 e. The molecule has 1 aliphatic rings.